The Balaban J connectivity index is 1.29. The van der Waals surface area contributed by atoms with Gasteiger partial charge in [0.2, 0.25) is 5.95 Å². The molecule has 3 aromatic rings. The van der Waals surface area contributed by atoms with E-state index in [4.69, 9.17) is 19.8 Å². The first-order valence-corrected chi connectivity index (χ1v) is 12.9. The summed E-state index contributed by atoms with van der Waals surface area (Å²) in [5.41, 5.74) is 1.40. The number of aromatic nitrogens is 4. The van der Waals surface area contributed by atoms with Gasteiger partial charge in [0.05, 0.1) is 24.6 Å². The Morgan fingerprint density at radius 3 is 2.56 bits per heavy atom. The van der Waals surface area contributed by atoms with Crippen molar-refractivity contribution >= 4 is 28.5 Å². The number of anilines is 3. The summed E-state index contributed by atoms with van der Waals surface area (Å²) >= 11 is 0. The molecule has 10 heteroatoms. The van der Waals surface area contributed by atoms with Gasteiger partial charge in [0, 0.05) is 44.3 Å². The molecule has 5 rings (SSSR count). The van der Waals surface area contributed by atoms with Crippen LogP contribution in [0.3, 0.4) is 0 Å². The van der Waals surface area contributed by atoms with Crippen LogP contribution in [0.1, 0.15) is 50.8 Å². The van der Waals surface area contributed by atoms with Crippen LogP contribution in [0.15, 0.2) is 30.6 Å². The summed E-state index contributed by atoms with van der Waals surface area (Å²) in [6.45, 7) is 6.38. The molecular formula is C26H35N7O3. The minimum Gasteiger partial charge on any atom is -0.489 e. The van der Waals surface area contributed by atoms with E-state index in [9.17, 15) is 5.11 Å². The summed E-state index contributed by atoms with van der Waals surface area (Å²) in [4.78, 5) is 23.0. The SMILES string of the molecule is CC(O)c1cc2cnc(Nc3ccc(OC4CCN(CCO)CC4)cn3)nc2c(N2CCCCC2)n1. The van der Waals surface area contributed by atoms with Gasteiger partial charge in [-0.3, -0.25) is 0 Å². The molecule has 0 amide bonds. The number of nitrogens with zero attached hydrogens (tertiary/aromatic N) is 6. The predicted octanol–water partition coefficient (Wildman–Crippen LogP) is 3.04. The van der Waals surface area contributed by atoms with Crippen molar-refractivity contribution in [3.8, 4) is 5.75 Å². The van der Waals surface area contributed by atoms with Crippen LogP contribution in [0.5, 0.6) is 5.75 Å². The minimum absolute atomic E-state index is 0.164. The highest BCUT2D eigenvalue weighted by Gasteiger charge is 2.21. The molecule has 1 unspecified atom stereocenters. The highest BCUT2D eigenvalue weighted by atomic mass is 16.5. The van der Waals surface area contributed by atoms with Gasteiger partial charge in [-0.25, -0.2) is 19.9 Å². The first-order valence-electron chi connectivity index (χ1n) is 12.9. The molecule has 0 aliphatic carbocycles. The monoisotopic (exact) mass is 493 g/mol. The molecule has 2 aliphatic heterocycles. The maximum Gasteiger partial charge on any atom is 0.229 e. The van der Waals surface area contributed by atoms with Crippen LogP contribution in [0.4, 0.5) is 17.6 Å². The zero-order valence-electron chi connectivity index (χ0n) is 20.8. The lowest BCUT2D eigenvalue weighted by molar-refractivity contribution is 0.0886. The number of piperidine rings is 2. The number of fused-ring (bicyclic) bond motifs is 1. The highest BCUT2D eigenvalue weighted by Crippen LogP contribution is 2.29. The average Bonchev–Trinajstić information content (AvgIpc) is 2.91. The lowest BCUT2D eigenvalue weighted by Crippen LogP contribution is -2.39. The third-order valence-corrected chi connectivity index (χ3v) is 6.88. The Labute approximate surface area is 211 Å². The first kappa shape index (κ1) is 24.6. The normalized spacial score (nSPS) is 18.4. The molecule has 10 nitrogen and oxygen atoms in total. The summed E-state index contributed by atoms with van der Waals surface area (Å²) in [5, 5.41) is 23.3. The van der Waals surface area contributed by atoms with Crippen LogP contribution in [-0.4, -0.2) is 80.5 Å². The molecule has 0 radical (unpaired) electrons. The molecule has 2 aliphatic rings. The Bertz CT molecular complexity index is 1140. The van der Waals surface area contributed by atoms with E-state index in [1.54, 1.807) is 19.3 Å². The van der Waals surface area contributed by atoms with Crippen molar-refractivity contribution < 1.29 is 14.9 Å². The number of ether oxygens (including phenoxy) is 1. The van der Waals surface area contributed by atoms with Crippen LogP contribution in [0, 0.1) is 0 Å². The van der Waals surface area contributed by atoms with Crippen LogP contribution in [0.25, 0.3) is 10.9 Å². The number of β-amino-alcohol motifs (C(OH)–C–C–N with tert-alkyl or cyclic N) is 1. The molecule has 2 fully saturated rings. The van der Waals surface area contributed by atoms with E-state index >= 15 is 0 Å². The molecule has 0 bridgehead atoms. The maximum absolute atomic E-state index is 10.2. The van der Waals surface area contributed by atoms with Crippen molar-refractivity contribution in [3.63, 3.8) is 0 Å². The smallest absolute Gasteiger partial charge is 0.229 e. The molecular weight excluding hydrogens is 458 g/mol. The number of hydrogen-bond acceptors (Lipinski definition) is 10. The molecule has 5 heterocycles. The molecule has 2 saturated heterocycles. The molecule has 0 aromatic carbocycles. The summed E-state index contributed by atoms with van der Waals surface area (Å²) < 4.78 is 6.11. The molecule has 3 N–H and O–H groups in total. The van der Waals surface area contributed by atoms with Crippen LogP contribution in [-0.2, 0) is 0 Å². The number of nitrogens with one attached hydrogen (secondary N) is 1. The predicted molar refractivity (Wildman–Crippen MR) is 139 cm³/mol. The molecule has 1 atom stereocenters. The van der Waals surface area contributed by atoms with Gasteiger partial charge in [-0.1, -0.05) is 0 Å². The number of hydrogen-bond donors (Lipinski definition) is 3. The van der Waals surface area contributed by atoms with Crippen molar-refractivity contribution in [2.75, 3.05) is 49.5 Å². The lowest BCUT2D eigenvalue weighted by atomic mass is 10.1. The number of likely N-dealkylation sites (tertiary alicyclic amines) is 1. The molecule has 3 aromatic heterocycles. The molecule has 0 saturated carbocycles. The van der Waals surface area contributed by atoms with Crippen LogP contribution < -0.4 is 15.0 Å². The van der Waals surface area contributed by atoms with E-state index < -0.39 is 6.10 Å². The molecule has 36 heavy (non-hydrogen) atoms. The van der Waals surface area contributed by atoms with Gasteiger partial charge < -0.3 is 30.1 Å². The summed E-state index contributed by atoms with van der Waals surface area (Å²) in [6, 6.07) is 5.63. The quantitative estimate of drug-likeness (QED) is 0.432. The Kier molecular flexibility index (Phi) is 7.74. The zero-order chi connectivity index (χ0) is 24.9. The fraction of sp³-hybridized carbons (Fsp3) is 0.538. The Morgan fingerprint density at radius 1 is 1.06 bits per heavy atom. The van der Waals surface area contributed by atoms with Gasteiger partial charge in [0.1, 0.15) is 23.2 Å². The third kappa shape index (κ3) is 5.83. The van der Waals surface area contributed by atoms with Gasteiger partial charge in [-0.2, -0.15) is 0 Å². The highest BCUT2D eigenvalue weighted by molar-refractivity contribution is 5.89. The fourth-order valence-corrected chi connectivity index (χ4v) is 4.87. The average molecular weight is 494 g/mol. The van der Waals surface area contributed by atoms with Crippen LogP contribution in [0.2, 0.25) is 0 Å². The summed E-state index contributed by atoms with van der Waals surface area (Å²) in [5.74, 6) is 2.62. The zero-order valence-corrected chi connectivity index (χ0v) is 20.8. The second-order valence-corrected chi connectivity index (χ2v) is 9.61. The first-order chi connectivity index (χ1) is 17.6. The number of aliphatic hydroxyl groups excluding tert-OH is 2. The Hall–Kier alpha value is -3.08. The van der Waals surface area contributed by atoms with E-state index in [1.165, 1.54) is 6.42 Å². The minimum atomic E-state index is -0.659. The maximum atomic E-state index is 10.2. The summed E-state index contributed by atoms with van der Waals surface area (Å²) in [6.07, 6.45) is 8.35. The van der Waals surface area contributed by atoms with Gasteiger partial charge in [0.25, 0.3) is 0 Å². The number of rotatable bonds is 8. The van der Waals surface area contributed by atoms with Gasteiger partial charge in [-0.05, 0) is 57.2 Å². The van der Waals surface area contributed by atoms with Crippen molar-refractivity contribution in [1.29, 1.82) is 0 Å². The topological polar surface area (TPSA) is 120 Å². The van der Waals surface area contributed by atoms with E-state index in [-0.39, 0.29) is 12.7 Å². The van der Waals surface area contributed by atoms with E-state index in [0.29, 0.717) is 17.5 Å². The van der Waals surface area contributed by atoms with Gasteiger partial charge in [-0.15, -0.1) is 0 Å². The van der Waals surface area contributed by atoms with E-state index in [1.807, 2.05) is 18.2 Å². The third-order valence-electron chi connectivity index (χ3n) is 6.88. The van der Waals surface area contributed by atoms with Crippen molar-refractivity contribution in [1.82, 2.24) is 24.8 Å². The van der Waals surface area contributed by atoms with Gasteiger partial charge >= 0.3 is 0 Å². The van der Waals surface area contributed by atoms with Gasteiger partial charge in [0.15, 0.2) is 5.82 Å². The second-order valence-electron chi connectivity index (χ2n) is 9.61. The largest absolute Gasteiger partial charge is 0.489 e. The second kappa shape index (κ2) is 11.3. The Morgan fingerprint density at radius 2 is 1.86 bits per heavy atom. The van der Waals surface area contributed by atoms with Crippen molar-refractivity contribution in [2.24, 2.45) is 0 Å². The molecule has 192 valence electrons. The number of aliphatic hydroxyl groups is 2. The summed E-state index contributed by atoms with van der Waals surface area (Å²) in [7, 11) is 0. The van der Waals surface area contributed by atoms with Crippen LogP contribution >= 0.6 is 0 Å². The van der Waals surface area contributed by atoms with Crippen molar-refractivity contribution in [3.05, 3.63) is 36.3 Å². The standard InChI is InChI=1S/C26H35N7O3/c1-18(35)22-15-19-16-28-26(31-24(19)25(29-22)33-9-3-2-4-10-33)30-23-6-5-21(17-27-23)36-20-7-11-32(12-8-20)13-14-34/h5-6,15-18,20,34-35H,2-4,7-14H2,1H3,(H,27,28,30,31). The molecule has 0 spiro atoms. The lowest BCUT2D eigenvalue weighted by Gasteiger charge is -2.31. The fourth-order valence-electron chi connectivity index (χ4n) is 4.87. The van der Waals surface area contributed by atoms with E-state index in [2.05, 4.69) is 25.1 Å². The number of pyridine rings is 2. The van der Waals surface area contributed by atoms with Crippen molar-refractivity contribution in [2.45, 2.75) is 51.2 Å². The van der Waals surface area contributed by atoms with E-state index in [0.717, 1.165) is 80.9 Å².